The van der Waals surface area contributed by atoms with Gasteiger partial charge in [0.05, 0.1) is 11.4 Å². The lowest BCUT2D eigenvalue weighted by Crippen LogP contribution is -2.49. The molecule has 0 radical (unpaired) electrons. The van der Waals surface area contributed by atoms with Crippen LogP contribution >= 0.6 is 12.4 Å². The van der Waals surface area contributed by atoms with E-state index in [2.05, 4.69) is 16.0 Å². The topological polar surface area (TPSA) is 108 Å². The number of fused-ring (bicyclic) bond motifs is 2. The van der Waals surface area contributed by atoms with Crippen LogP contribution in [-0.4, -0.2) is 62.3 Å². The predicted octanol–water partition coefficient (Wildman–Crippen LogP) is 0.242. The van der Waals surface area contributed by atoms with Gasteiger partial charge in [-0.25, -0.2) is 8.42 Å². The molecule has 1 aromatic rings. The maximum atomic E-state index is 12.8. The van der Waals surface area contributed by atoms with Gasteiger partial charge in [0.1, 0.15) is 0 Å². The van der Waals surface area contributed by atoms with Crippen molar-refractivity contribution in [3.8, 4) is 0 Å². The quantitative estimate of drug-likeness (QED) is 0.636. The summed E-state index contributed by atoms with van der Waals surface area (Å²) in [6.45, 7) is 0.315. The van der Waals surface area contributed by atoms with Crippen LogP contribution in [0.2, 0.25) is 0 Å². The van der Waals surface area contributed by atoms with Crippen LogP contribution < -0.4 is 16.0 Å². The largest absolute Gasteiger partial charge is 0.354 e. The molecule has 3 aliphatic heterocycles. The van der Waals surface area contributed by atoms with E-state index in [1.165, 1.54) is 12.1 Å². The molecule has 2 unspecified atom stereocenters. The maximum Gasteiger partial charge on any atom is 0.251 e. The first-order chi connectivity index (χ1) is 12.9. The number of nitrogens with zero attached hydrogens (tertiary/aromatic N) is 1. The van der Waals surface area contributed by atoms with Crippen molar-refractivity contribution in [3.63, 3.8) is 0 Å². The van der Waals surface area contributed by atoms with Gasteiger partial charge >= 0.3 is 0 Å². The summed E-state index contributed by atoms with van der Waals surface area (Å²) in [7, 11) is -3.81. The number of hydrogen-bond acceptors (Lipinski definition) is 5. The number of carbonyl (C=O) groups excluding carboxylic acids is 2. The first-order valence-electron chi connectivity index (χ1n) is 9.35. The number of piperazine rings is 1. The molecular weight excluding hydrogens is 404 g/mol. The predicted molar refractivity (Wildman–Crippen MR) is 106 cm³/mol. The average Bonchev–Trinajstić information content (AvgIpc) is 3.00. The molecule has 0 saturated carbocycles. The Bertz CT molecular complexity index is 851. The van der Waals surface area contributed by atoms with Gasteiger partial charge in [-0.15, -0.1) is 12.4 Å². The van der Waals surface area contributed by atoms with E-state index in [-0.39, 0.29) is 54.8 Å². The Morgan fingerprint density at radius 3 is 2.57 bits per heavy atom. The highest BCUT2D eigenvalue weighted by atomic mass is 35.5. The van der Waals surface area contributed by atoms with E-state index in [4.69, 9.17) is 0 Å². The van der Waals surface area contributed by atoms with Gasteiger partial charge in [0.2, 0.25) is 15.9 Å². The third kappa shape index (κ3) is 4.32. The number of halogens is 1. The highest BCUT2D eigenvalue weighted by molar-refractivity contribution is 7.89. The number of sulfonamides is 1. The van der Waals surface area contributed by atoms with Gasteiger partial charge in [-0.05, 0) is 43.9 Å². The van der Waals surface area contributed by atoms with Crippen LogP contribution in [0.3, 0.4) is 0 Å². The van der Waals surface area contributed by atoms with E-state index < -0.39 is 10.0 Å². The first kappa shape index (κ1) is 21.0. The maximum absolute atomic E-state index is 12.8. The van der Waals surface area contributed by atoms with Crippen LogP contribution in [0.15, 0.2) is 29.2 Å². The molecule has 10 heteroatoms. The van der Waals surface area contributed by atoms with Gasteiger partial charge in [-0.1, -0.05) is 6.07 Å². The molecule has 3 fully saturated rings. The van der Waals surface area contributed by atoms with Crippen LogP contribution in [0.25, 0.3) is 0 Å². The lowest BCUT2D eigenvalue weighted by molar-refractivity contribution is -0.122. The molecule has 28 heavy (non-hydrogen) atoms. The standard InChI is InChI=1S/C18H24N4O4S.ClH/c23-17-11-22(7-6-19-17)27(25,26)16-3-1-2-12(8-16)18(24)21-15-9-13-4-5-14(10-15)20-13;/h1-3,8,13-15,20H,4-7,9-11H2,(H,19,23)(H,21,24);1H. The molecule has 0 aromatic heterocycles. The van der Waals surface area contributed by atoms with E-state index in [1.54, 1.807) is 12.1 Å². The zero-order valence-electron chi connectivity index (χ0n) is 15.4. The number of hydrogen-bond donors (Lipinski definition) is 3. The molecule has 1 aromatic carbocycles. The normalized spacial score (nSPS) is 27.6. The number of benzene rings is 1. The summed E-state index contributed by atoms with van der Waals surface area (Å²) >= 11 is 0. The lowest BCUT2D eigenvalue weighted by Gasteiger charge is -2.29. The van der Waals surface area contributed by atoms with Crippen molar-refractivity contribution >= 4 is 34.2 Å². The Balaban J connectivity index is 0.00000225. The van der Waals surface area contributed by atoms with E-state index in [0.29, 0.717) is 17.6 Å². The monoisotopic (exact) mass is 428 g/mol. The third-order valence-corrected chi connectivity index (χ3v) is 7.39. The Morgan fingerprint density at radius 1 is 1.18 bits per heavy atom. The molecule has 2 bridgehead atoms. The number of carbonyl (C=O) groups is 2. The summed E-state index contributed by atoms with van der Waals surface area (Å²) in [5, 5.41) is 9.19. The van der Waals surface area contributed by atoms with Gasteiger partial charge in [-0.3, -0.25) is 9.59 Å². The van der Waals surface area contributed by atoms with Crippen molar-refractivity contribution in [2.75, 3.05) is 19.6 Å². The summed E-state index contributed by atoms with van der Waals surface area (Å²) in [5.41, 5.74) is 0.323. The summed E-state index contributed by atoms with van der Waals surface area (Å²) < 4.78 is 26.7. The Kier molecular flexibility index (Phi) is 6.28. The van der Waals surface area contributed by atoms with Gasteiger partial charge in [0.25, 0.3) is 5.91 Å². The zero-order chi connectivity index (χ0) is 19.0. The summed E-state index contributed by atoms with van der Waals surface area (Å²) in [6.07, 6.45) is 4.11. The molecule has 4 rings (SSSR count). The molecular formula is C18H25ClN4O4S. The number of rotatable bonds is 4. The number of piperidine rings is 1. The lowest BCUT2D eigenvalue weighted by atomic mass is 9.99. The second kappa shape index (κ2) is 8.36. The fourth-order valence-electron chi connectivity index (χ4n) is 4.21. The van der Waals surface area contributed by atoms with Crippen molar-refractivity contribution in [1.82, 2.24) is 20.3 Å². The van der Waals surface area contributed by atoms with Gasteiger partial charge in [-0.2, -0.15) is 4.31 Å². The highest BCUT2D eigenvalue weighted by Gasteiger charge is 2.34. The minimum atomic E-state index is -3.81. The first-order valence-corrected chi connectivity index (χ1v) is 10.8. The number of amides is 2. The minimum Gasteiger partial charge on any atom is -0.354 e. The van der Waals surface area contributed by atoms with Gasteiger partial charge < -0.3 is 16.0 Å². The van der Waals surface area contributed by atoms with Crippen LogP contribution in [0.1, 0.15) is 36.0 Å². The smallest absolute Gasteiger partial charge is 0.251 e. The van der Waals surface area contributed by atoms with E-state index in [9.17, 15) is 18.0 Å². The van der Waals surface area contributed by atoms with Crippen LogP contribution in [0, 0.1) is 0 Å². The molecule has 3 aliphatic rings. The second-order valence-corrected chi connectivity index (χ2v) is 9.43. The molecule has 3 N–H and O–H groups in total. The SMILES string of the molecule is Cl.O=C1CN(S(=O)(=O)c2cccc(C(=O)NC3CC4CCC(C3)N4)c2)CCN1. The van der Waals surface area contributed by atoms with Gasteiger partial charge in [0, 0.05) is 36.8 Å². The van der Waals surface area contributed by atoms with Crippen LogP contribution in [0.5, 0.6) is 0 Å². The summed E-state index contributed by atoms with van der Waals surface area (Å²) in [5.74, 6) is -0.575. The number of nitrogens with one attached hydrogen (secondary N) is 3. The zero-order valence-corrected chi connectivity index (χ0v) is 17.0. The molecule has 0 spiro atoms. The van der Waals surface area contributed by atoms with Crippen LogP contribution in [0.4, 0.5) is 0 Å². The highest BCUT2D eigenvalue weighted by Crippen LogP contribution is 2.27. The molecule has 2 atom stereocenters. The average molecular weight is 429 g/mol. The molecule has 3 heterocycles. The van der Waals surface area contributed by atoms with Crippen molar-refractivity contribution in [1.29, 1.82) is 0 Å². The van der Waals surface area contributed by atoms with Crippen molar-refractivity contribution in [2.45, 2.75) is 48.7 Å². The van der Waals surface area contributed by atoms with Crippen molar-refractivity contribution < 1.29 is 18.0 Å². The minimum absolute atomic E-state index is 0. The molecule has 154 valence electrons. The fraction of sp³-hybridized carbons (Fsp3) is 0.556. The molecule has 8 nitrogen and oxygen atoms in total. The van der Waals surface area contributed by atoms with E-state index in [0.717, 1.165) is 30.0 Å². The fourth-order valence-corrected chi connectivity index (χ4v) is 5.65. The van der Waals surface area contributed by atoms with E-state index >= 15 is 0 Å². The Hall–Kier alpha value is -1.68. The molecule has 2 amide bonds. The van der Waals surface area contributed by atoms with Crippen LogP contribution in [-0.2, 0) is 14.8 Å². The molecule has 0 aliphatic carbocycles. The Labute approximate surface area is 170 Å². The third-order valence-electron chi connectivity index (χ3n) is 5.55. The molecule has 3 saturated heterocycles. The summed E-state index contributed by atoms with van der Waals surface area (Å²) in [4.78, 5) is 24.2. The Morgan fingerprint density at radius 2 is 1.89 bits per heavy atom. The second-order valence-electron chi connectivity index (χ2n) is 7.50. The van der Waals surface area contributed by atoms with Crippen molar-refractivity contribution in [3.05, 3.63) is 29.8 Å². The van der Waals surface area contributed by atoms with Crippen molar-refractivity contribution in [2.24, 2.45) is 0 Å². The summed E-state index contributed by atoms with van der Waals surface area (Å²) in [6, 6.07) is 7.08. The van der Waals surface area contributed by atoms with Gasteiger partial charge in [0.15, 0.2) is 0 Å². The van der Waals surface area contributed by atoms with E-state index in [1.807, 2.05) is 0 Å².